The van der Waals surface area contributed by atoms with E-state index in [1.54, 1.807) is 31.4 Å². The summed E-state index contributed by atoms with van der Waals surface area (Å²) in [5.74, 6) is -3.98. The summed E-state index contributed by atoms with van der Waals surface area (Å²) >= 11 is 0. The maximum absolute atomic E-state index is 12.5. The molecule has 0 spiro atoms. The van der Waals surface area contributed by atoms with Crippen LogP contribution in [0, 0.1) is 5.92 Å². The average Bonchev–Trinajstić information content (AvgIpc) is 3.04. The molecule has 3 aromatic carbocycles. The first-order chi connectivity index (χ1) is 21.0. The van der Waals surface area contributed by atoms with E-state index in [1.807, 2.05) is 60.7 Å². The first-order valence-corrected chi connectivity index (χ1v) is 14.2. The Morgan fingerprint density at radius 3 is 2.00 bits per heavy atom. The topological polar surface area (TPSA) is 121 Å². The fourth-order valence-electron chi connectivity index (χ4n) is 5.27. The lowest BCUT2D eigenvalue weighted by atomic mass is 9.74. The minimum absolute atomic E-state index is 0.0420. The van der Waals surface area contributed by atoms with E-state index in [2.05, 4.69) is 0 Å². The van der Waals surface area contributed by atoms with Crippen molar-refractivity contribution in [3.05, 3.63) is 102 Å². The molecule has 1 aliphatic rings. The van der Waals surface area contributed by atoms with Gasteiger partial charge in [0.15, 0.2) is 5.78 Å². The SMILES string of the molecule is [2H]C(=O)C(C)C1(O)O[C@H](C(O)C(C)=O)[C@H](OCc2ccccc2)[C@H](OCc2ccccc2)[C@@]1(C)OCc1ccc(OC)cc1. The number of aliphatic hydroxyl groups excluding tert-OH is 1. The largest absolute Gasteiger partial charge is 0.497 e. The molecule has 1 heterocycles. The number of rotatable bonds is 14. The number of carbonyl (C=O) groups excluding carboxylic acids is 2. The Balaban J connectivity index is 1.82. The maximum atomic E-state index is 12.5. The summed E-state index contributed by atoms with van der Waals surface area (Å²) in [7, 11) is 1.56. The minimum Gasteiger partial charge on any atom is -0.497 e. The third kappa shape index (κ3) is 7.21. The zero-order valence-corrected chi connectivity index (χ0v) is 24.8. The Bertz CT molecular complexity index is 1370. The van der Waals surface area contributed by atoms with Crippen molar-refractivity contribution in [1.82, 2.24) is 0 Å². The molecule has 3 unspecified atom stereocenters. The molecule has 1 fully saturated rings. The molecule has 1 aliphatic heterocycles. The van der Waals surface area contributed by atoms with Crippen molar-refractivity contribution in [2.24, 2.45) is 5.92 Å². The van der Waals surface area contributed by atoms with E-state index in [9.17, 15) is 19.8 Å². The highest BCUT2D eigenvalue weighted by Crippen LogP contribution is 2.47. The lowest BCUT2D eigenvalue weighted by Gasteiger charge is -2.57. The van der Waals surface area contributed by atoms with Crippen LogP contribution in [-0.4, -0.2) is 65.2 Å². The lowest BCUT2D eigenvalue weighted by Crippen LogP contribution is -2.76. The first kappa shape index (κ1) is 31.0. The zero-order chi connectivity index (χ0) is 31.9. The van der Waals surface area contributed by atoms with Gasteiger partial charge in [0.25, 0.3) is 0 Å². The van der Waals surface area contributed by atoms with Gasteiger partial charge in [-0.3, -0.25) is 4.79 Å². The van der Waals surface area contributed by atoms with Crippen LogP contribution >= 0.6 is 0 Å². The van der Waals surface area contributed by atoms with Crippen molar-refractivity contribution in [1.29, 1.82) is 0 Å². The summed E-state index contributed by atoms with van der Waals surface area (Å²) in [4.78, 5) is 25.1. The Morgan fingerprint density at radius 1 is 0.953 bits per heavy atom. The Kier molecular flexibility index (Phi) is 10.3. The molecule has 230 valence electrons. The molecule has 43 heavy (non-hydrogen) atoms. The van der Waals surface area contributed by atoms with Gasteiger partial charge in [0, 0.05) is 0 Å². The van der Waals surface area contributed by atoms with Crippen molar-refractivity contribution in [3.63, 3.8) is 0 Å². The number of Topliss-reactive ketones (excluding diaryl/α,β-unsaturated/α-hetero) is 1. The molecule has 3 aromatic rings. The van der Waals surface area contributed by atoms with E-state index in [-0.39, 0.29) is 19.8 Å². The molecule has 0 aromatic heterocycles. The van der Waals surface area contributed by atoms with Gasteiger partial charge in [-0.2, -0.15) is 0 Å². The third-order valence-corrected chi connectivity index (χ3v) is 7.94. The van der Waals surface area contributed by atoms with Gasteiger partial charge < -0.3 is 38.7 Å². The summed E-state index contributed by atoms with van der Waals surface area (Å²) < 4.78 is 38.6. The highest BCUT2D eigenvalue weighted by atomic mass is 16.7. The van der Waals surface area contributed by atoms with Crippen LogP contribution in [0.2, 0.25) is 0 Å². The van der Waals surface area contributed by atoms with E-state index < -0.39 is 53.8 Å². The van der Waals surface area contributed by atoms with Gasteiger partial charge in [-0.05, 0) is 42.7 Å². The predicted molar refractivity (Wildman–Crippen MR) is 158 cm³/mol. The second kappa shape index (κ2) is 14.4. The van der Waals surface area contributed by atoms with Crippen LogP contribution < -0.4 is 4.74 Å². The minimum atomic E-state index is -2.52. The molecule has 0 bridgehead atoms. The molecule has 0 saturated carbocycles. The number of methoxy groups -OCH3 is 1. The van der Waals surface area contributed by atoms with Crippen molar-refractivity contribution < 1.29 is 44.9 Å². The summed E-state index contributed by atoms with van der Waals surface area (Å²) in [5, 5.41) is 23.4. The number of benzene rings is 3. The normalized spacial score (nSPS) is 27.1. The second-order valence-electron chi connectivity index (χ2n) is 10.9. The monoisotopic (exact) mass is 593 g/mol. The van der Waals surface area contributed by atoms with E-state index >= 15 is 0 Å². The average molecular weight is 594 g/mol. The molecular weight excluding hydrogens is 552 g/mol. The number of ether oxygens (including phenoxy) is 5. The van der Waals surface area contributed by atoms with Crippen molar-refractivity contribution >= 4 is 12.0 Å². The number of ketones is 1. The molecular formula is C34H40O9. The lowest BCUT2D eigenvalue weighted by molar-refractivity contribution is -0.417. The van der Waals surface area contributed by atoms with Crippen molar-refractivity contribution in [3.8, 4) is 5.75 Å². The molecule has 7 atom stereocenters. The predicted octanol–water partition coefficient (Wildman–Crippen LogP) is 4.01. The van der Waals surface area contributed by atoms with Crippen molar-refractivity contribution in [2.45, 2.75) is 76.4 Å². The maximum Gasteiger partial charge on any atom is 0.207 e. The van der Waals surface area contributed by atoms with Crippen LogP contribution in [0.25, 0.3) is 0 Å². The summed E-state index contributed by atoms with van der Waals surface area (Å²) in [6.07, 6.45) is -6.71. The van der Waals surface area contributed by atoms with Gasteiger partial charge in [-0.1, -0.05) is 79.7 Å². The highest BCUT2D eigenvalue weighted by molar-refractivity contribution is 5.81. The van der Waals surface area contributed by atoms with Gasteiger partial charge in [-0.15, -0.1) is 0 Å². The highest BCUT2D eigenvalue weighted by Gasteiger charge is 2.67. The van der Waals surface area contributed by atoms with Crippen molar-refractivity contribution in [2.75, 3.05) is 7.11 Å². The van der Waals surface area contributed by atoms with Crippen LogP contribution in [-0.2, 0) is 48.4 Å². The summed E-state index contributed by atoms with van der Waals surface area (Å²) in [6, 6.07) is 25.7. The van der Waals surface area contributed by atoms with E-state index in [1.165, 1.54) is 20.8 Å². The molecule has 4 rings (SSSR count). The molecule has 9 nitrogen and oxygen atoms in total. The quantitative estimate of drug-likeness (QED) is 0.267. The van der Waals surface area contributed by atoms with Gasteiger partial charge in [-0.25, -0.2) is 0 Å². The zero-order valence-electron chi connectivity index (χ0n) is 25.8. The molecule has 0 aliphatic carbocycles. The molecule has 2 N–H and O–H groups in total. The number of carbonyl (C=O) groups is 2. The van der Waals surface area contributed by atoms with E-state index in [4.69, 9.17) is 25.1 Å². The van der Waals surface area contributed by atoms with E-state index in [0.29, 0.717) is 11.3 Å². The number of aldehydes is 1. The Labute approximate surface area is 253 Å². The smallest absolute Gasteiger partial charge is 0.207 e. The fraction of sp³-hybridized carbons (Fsp3) is 0.412. The molecule has 9 heteroatoms. The van der Waals surface area contributed by atoms with Gasteiger partial charge in [0.2, 0.25) is 5.79 Å². The second-order valence-corrected chi connectivity index (χ2v) is 10.9. The standard InChI is InChI=1S/C34H40O9/c1-23(19-35)34(38)33(3,42-22-27-15-17-28(39-4)18-16-27)32(41-21-26-13-9-6-10-14-26)31(30(43-34)29(37)24(2)36)40-20-25-11-7-5-8-12-25/h5-19,23,29-32,37-38H,20-22H2,1-4H3/t23?,29?,30-,31+,32+,33-,34?/m1/s1/i19D. The van der Waals surface area contributed by atoms with Gasteiger partial charge in [0.1, 0.15) is 43.4 Å². The van der Waals surface area contributed by atoms with Crippen LogP contribution in [0.4, 0.5) is 0 Å². The summed E-state index contributed by atoms with van der Waals surface area (Å²) in [5.41, 5.74) is 0.470. The van der Waals surface area contributed by atoms with Gasteiger partial charge in [0.05, 0.1) is 32.8 Å². The fourth-order valence-corrected chi connectivity index (χ4v) is 5.27. The number of hydrogen-bond donors (Lipinski definition) is 2. The first-order valence-electron chi connectivity index (χ1n) is 14.7. The van der Waals surface area contributed by atoms with E-state index in [0.717, 1.165) is 11.1 Å². The summed E-state index contributed by atoms with van der Waals surface area (Å²) in [6.45, 7) is 4.10. The molecule has 0 amide bonds. The Hall–Kier alpha value is -3.44. The number of hydrogen-bond acceptors (Lipinski definition) is 9. The molecule has 1 saturated heterocycles. The van der Waals surface area contributed by atoms with Crippen LogP contribution in [0.1, 0.15) is 38.8 Å². The third-order valence-electron chi connectivity index (χ3n) is 7.94. The van der Waals surface area contributed by atoms with Crippen LogP contribution in [0.5, 0.6) is 5.75 Å². The molecule has 0 radical (unpaired) electrons. The Morgan fingerprint density at radius 2 is 1.49 bits per heavy atom. The number of aliphatic hydroxyl groups is 2. The van der Waals surface area contributed by atoms with Crippen LogP contribution in [0.3, 0.4) is 0 Å². The van der Waals surface area contributed by atoms with Gasteiger partial charge >= 0.3 is 0 Å². The van der Waals surface area contributed by atoms with Crippen LogP contribution in [0.15, 0.2) is 84.9 Å².